The minimum atomic E-state index is -3.75. The number of ether oxygens (including phenoxy) is 1. The number of benzene rings is 1. The molecule has 1 atom stereocenters. The monoisotopic (exact) mass is 412 g/mol. The molecule has 0 N–H and O–H groups in total. The predicted octanol–water partition coefficient (Wildman–Crippen LogP) is 5.14. The van der Waals surface area contributed by atoms with Crippen molar-refractivity contribution in [3.8, 4) is 5.75 Å². The maximum absolute atomic E-state index is 13.4. The number of alkyl halides is 2. The van der Waals surface area contributed by atoms with Crippen LogP contribution in [0.3, 0.4) is 0 Å². The fraction of sp³-hybridized carbons (Fsp3) is 0.550. The van der Waals surface area contributed by atoms with Crippen molar-refractivity contribution in [3.05, 3.63) is 41.2 Å². The Morgan fingerprint density at radius 1 is 1.11 bits per heavy atom. The van der Waals surface area contributed by atoms with Crippen LogP contribution in [0.25, 0.3) is 0 Å². The summed E-state index contributed by atoms with van der Waals surface area (Å²) in [7, 11) is -3.75. The Labute approximate surface area is 164 Å². The van der Waals surface area contributed by atoms with Crippen molar-refractivity contribution in [1.82, 2.24) is 9.55 Å². The number of halogens is 2. The van der Waals surface area contributed by atoms with Crippen LogP contribution >= 0.6 is 0 Å². The fourth-order valence-corrected chi connectivity index (χ4v) is 5.48. The summed E-state index contributed by atoms with van der Waals surface area (Å²) < 4.78 is 57.7. The molecule has 1 aromatic heterocycles. The maximum atomic E-state index is 13.4. The normalized spacial score (nSPS) is 17.1. The van der Waals surface area contributed by atoms with E-state index in [1.54, 1.807) is 6.92 Å². The molecule has 1 fully saturated rings. The number of nitrogens with zero attached hydrogens (tertiary/aromatic N) is 2. The van der Waals surface area contributed by atoms with E-state index in [-0.39, 0.29) is 16.9 Å². The molecule has 0 bridgehead atoms. The summed E-state index contributed by atoms with van der Waals surface area (Å²) in [6.07, 6.45) is 5.25. The van der Waals surface area contributed by atoms with Crippen molar-refractivity contribution < 1.29 is 21.9 Å². The van der Waals surface area contributed by atoms with E-state index in [1.807, 2.05) is 18.4 Å². The Bertz CT molecular complexity index is 918. The second-order valence-electron chi connectivity index (χ2n) is 7.36. The molecule has 3 rings (SSSR count). The first-order valence-corrected chi connectivity index (χ1v) is 11.1. The molecule has 28 heavy (non-hydrogen) atoms. The van der Waals surface area contributed by atoms with Crippen molar-refractivity contribution in [2.45, 2.75) is 75.9 Å². The number of hydrogen-bond donors (Lipinski definition) is 0. The lowest BCUT2D eigenvalue weighted by Gasteiger charge is -2.26. The molecular weight excluding hydrogens is 386 g/mol. The van der Waals surface area contributed by atoms with Crippen molar-refractivity contribution in [2.24, 2.45) is 0 Å². The molecule has 1 aromatic carbocycles. The Morgan fingerprint density at radius 3 is 2.29 bits per heavy atom. The molecule has 154 valence electrons. The summed E-state index contributed by atoms with van der Waals surface area (Å²) in [4.78, 5) is 4.41. The molecule has 8 heteroatoms. The van der Waals surface area contributed by atoms with Gasteiger partial charge in [-0.3, -0.25) is 0 Å². The minimum Gasteiger partial charge on any atom is -0.435 e. The zero-order valence-corrected chi connectivity index (χ0v) is 17.2. The van der Waals surface area contributed by atoms with Gasteiger partial charge in [-0.2, -0.15) is 8.78 Å². The van der Waals surface area contributed by atoms with Crippen molar-refractivity contribution in [1.29, 1.82) is 0 Å². The highest BCUT2D eigenvalue weighted by Crippen LogP contribution is 2.36. The fourth-order valence-electron chi connectivity index (χ4n) is 3.82. The zero-order chi connectivity index (χ0) is 20.5. The van der Waals surface area contributed by atoms with E-state index in [9.17, 15) is 17.2 Å². The van der Waals surface area contributed by atoms with Gasteiger partial charge in [0.1, 0.15) is 5.75 Å². The Morgan fingerprint density at radius 2 is 1.71 bits per heavy atom. The Balaban J connectivity index is 1.95. The number of hydrogen-bond acceptors (Lipinski definition) is 4. The highest BCUT2D eigenvalue weighted by atomic mass is 32.2. The van der Waals surface area contributed by atoms with Gasteiger partial charge >= 0.3 is 6.61 Å². The van der Waals surface area contributed by atoms with Gasteiger partial charge in [-0.15, -0.1) is 0 Å². The van der Waals surface area contributed by atoms with Gasteiger partial charge in [-0.1, -0.05) is 31.4 Å². The molecule has 0 amide bonds. The summed E-state index contributed by atoms with van der Waals surface area (Å²) in [6.45, 7) is 2.43. The standard InChI is InChI=1S/C20H26F2N2O3S/c1-13-14(2)24(17-7-5-4-6-8-17)20(23-13)28(25,26)15(3)16-9-11-18(12-10-16)27-19(21)22/h9-12,15,17,19H,4-8H2,1-3H3. The largest absolute Gasteiger partial charge is 0.435 e. The Kier molecular flexibility index (Phi) is 6.07. The van der Waals surface area contributed by atoms with E-state index < -0.39 is 21.7 Å². The number of rotatable bonds is 6. The van der Waals surface area contributed by atoms with Gasteiger partial charge in [-0.25, -0.2) is 13.4 Å². The first kappa shape index (κ1) is 20.8. The number of imidazole rings is 1. The first-order chi connectivity index (χ1) is 13.2. The summed E-state index contributed by atoms with van der Waals surface area (Å²) in [6, 6.07) is 5.88. The van der Waals surface area contributed by atoms with Gasteiger partial charge in [0.05, 0.1) is 10.9 Å². The van der Waals surface area contributed by atoms with Gasteiger partial charge in [0, 0.05) is 11.7 Å². The van der Waals surface area contributed by atoms with Crippen molar-refractivity contribution in [3.63, 3.8) is 0 Å². The van der Waals surface area contributed by atoms with Crippen LogP contribution in [-0.2, 0) is 9.84 Å². The zero-order valence-electron chi connectivity index (χ0n) is 16.4. The summed E-state index contributed by atoms with van der Waals surface area (Å²) >= 11 is 0. The highest BCUT2D eigenvalue weighted by molar-refractivity contribution is 7.91. The first-order valence-electron chi connectivity index (χ1n) is 9.56. The van der Waals surface area contributed by atoms with Crippen LogP contribution in [0.4, 0.5) is 8.78 Å². The minimum absolute atomic E-state index is 0.00116. The van der Waals surface area contributed by atoms with Gasteiger partial charge in [0.25, 0.3) is 0 Å². The predicted molar refractivity (Wildman–Crippen MR) is 102 cm³/mol. The Hall–Kier alpha value is -1.96. The van der Waals surface area contributed by atoms with E-state index in [2.05, 4.69) is 9.72 Å². The molecule has 2 aromatic rings. The third-order valence-corrected chi connectivity index (χ3v) is 7.59. The topological polar surface area (TPSA) is 61.2 Å². The maximum Gasteiger partial charge on any atom is 0.387 e. The van der Waals surface area contributed by atoms with E-state index in [0.717, 1.165) is 37.1 Å². The summed E-state index contributed by atoms with van der Waals surface area (Å²) in [5.41, 5.74) is 2.12. The van der Waals surface area contributed by atoms with Crippen LogP contribution in [0.5, 0.6) is 5.75 Å². The lowest BCUT2D eigenvalue weighted by atomic mass is 9.95. The van der Waals surface area contributed by atoms with E-state index in [0.29, 0.717) is 5.56 Å². The summed E-state index contributed by atoms with van der Waals surface area (Å²) in [5.74, 6) is -0.00116. The third kappa shape index (κ3) is 4.06. The number of aromatic nitrogens is 2. The smallest absolute Gasteiger partial charge is 0.387 e. The lowest BCUT2D eigenvalue weighted by Crippen LogP contribution is -2.22. The van der Waals surface area contributed by atoms with Gasteiger partial charge < -0.3 is 9.30 Å². The lowest BCUT2D eigenvalue weighted by molar-refractivity contribution is -0.0498. The molecule has 1 aliphatic rings. The highest BCUT2D eigenvalue weighted by Gasteiger charge is 2.33. The molecule has 1 unspecified atom stereocenters. The van der Waals surface area contributed by atoms with Crippen LogP contribution in [0.1, 0.15) is 67.3 Å². The van der Waals surface area contributed by atoms with Crippen LogP contribution in [0.2, 0.25) is 0 Å². The molecule has 1 aliphatic carbocycles. The van der Waals surface area contributed by atoms with Gasteiger partial charge in [-0.05, 0) is 51.3 Å². The number of sulfone groups is 1. The second kappa shape index (κ2) is 8.19. The quantitative estimate of drug-likeness (QED) is 0.659. The van der Waals surface area contributed by atoms with Crippen LogP contribution < -0.4 is 4.74 Å². The van der Waals surface area contributed by atoms with E-state index >= 15 is 0 Å². The molecule has 1 heterocycles. The molecule has 0 aliphatic heterocycles. The van der Waals surface area contributed by atoms with E-state index in [1.165, 1.54) is 30.7 Å². The summed E-state index contributed by atoms with van der Waals surface area (Å²) in [5, 5.41) is -0.744. The van der Waals surface area contributed by atoms with Gasteiger partial charge in [0.2, 0.25) is 15.0 Å². The molecule has 0 saturated heterocycles. The number of aryl methyl sites for hydroxylation is 1. The molecular formula is C20H26F2N2O3S. The van der Waals surface area contributed by atoms with Crippen LogP contribution in [-0.4, -0.2) is 24.6 Å². The average molecular weight is 413 g/mol. The SMILES string of the molecule is Cc1nc(S(=O)(=O)C(C)c2ccc(OC(F)F)cc2)n(C2CCCCC2)c1C. The van der Waals surface area contributed by atoms with Crippen molar-refractivity contribution in [2.75, 3.05) is 0 Å². The van der Waals surface area contributed by atoms with E-state index in [4.69, 9.17) is 0 Å². The molecule has 0 spiro atoms. The van der Waals surface area contributed by atoms with Crippen molar-refractivity contribution >= 4 is 9.84 Å². The second-order valence-corrected chi connectivity index (χ2v) is 9.52. The van der Waals surface area contributed by atoms with Gasteiger partial charge in [0.15, 0.2) is 0 Å². The third-order valence-electron chi connectivity index (χ3n) is 5.59. The van der Waals surface area contributed by atoms with Crippen LogP contribution in [0, 0.1) is 13.8 Å². The average Bonchev–Trinajstić information content (AvgIpc) is 2.97. The molecule has 1 saturated carbocycles. The molecule has 0 radical (unpaired) electrons. The molecule has 5 nitrogen and oxygen atoms in total. The van der Waals surface area contributed by atoms with Crippen LogP contribution in [0.15, 0.2) is 29.4 Å².